The van der Waals surface area contributed by atoms with Crippen LogP contribution in [0, 0.1) is 0 Å². The molecule has 0 saturated carbocycles. The van der Waals surface area contributed by atoms with Gasteiger partial charge in [-0.25, -0.2) is 0 Å². The predicted octanol–water partition coefficient (Wildman–Crippen LogP) is 5.08. The van der Waals surface area contributed by atoms with Crippen LogP contribution in [0.1, 0.15) is 0 Å². The van der Waals surface area contributed by atoms with Crippen molar-refractivity contribution in [3.8, 4) is 0 Å². The maximum atomic E-state index is 5.79. The molecule has 0 aliphatic carbocycles. The molecule has 0 fully saturated rings. The number of halogens is 1. The molecule has 0 aliphatic heterocycles. The number of benzene rings is 2. The van der Waals surface area contributed by atoms with Crippen molar-refractivity contribution in [2.24, 2.45) is 4.99 Å². The number of fused-ring (bicyclic) bond motifs is 3. The van der Waals surface area contributed by atoms with E-state index in [0.29, 0.717) is 5.69 Å². The first kappa shape index (κ1) is 10.7. The van der Waals surface area contributed by atoms with Gasteiger partial charge in [-0.15, -0.1) is 0 Å². The summed E-state index contributed by atoms with van der Waals surface area (Å²) in [6, 6.07) is 11.8. The quantitative estimate of drug-likeness (QED) is 0.462. The largest absolute Gasteiger partial charge is 0.454 e. The van der Waals surface area contributed by atoms with Gasteiger partial charge in [-0.1, -0.05) is 34.1 Å². The van der Waals surface area contributed by atoms with Gasteiger partial charge in [-0.3, -0.25) is 0 Å². The van der Waals surface area contributed by atoms with E-state index in [9.17, 15) is 0 Å². The van der Waals surface area contributed by atoms with E-state index < -0.39 is 0 Å². The topological polar surface area (TPSA) is 25.5 Å². The Kier molecular flexibility index (Phi) is 2.56. The molecule has 2 aromatic carbocycles. The summed E-state index contributed by atoms with van der Waals surface area (Å²) in [5.74, 6) is 0. The Bertz CT molecular complexity index is 772. The highest BCUT2D eigenvalue weighted by molar-refractivity contribution is 9.10. The van der Waals surface area contributed by atoms with Crippen LogP contribution in [-0.2, 0) is 0 Å². The lowest BCUT2D eigenvalue weighted by Gasteiger charge is -1.95. The Morgan fingerprint density at radius 2 is 2.00 bits per heavy atom. The Hall–Kier alpha value is -1.48. The van der Waals surface area contributed by atoms with Crippen molar-refractivity contribution in [3.63, 3.8) is 0 Å². The molecular weight excluding hydrogens is 298 g/mol. The van der Waals surface area contributed by atoms with Crippen molar-refractivity contribution in [1.82, 2.24) is 0 Å². The normalized spacial score (nSPS) is 10.6. The fourth-order valence-electron chi connectivity index (χ4n) is 1.91. The minimum atomic E-state index is 0.695. The molecule has 3 aromatic rings. The highest BCUT2D eigenvalue weighted by Gasteiger charge is 2.11. The summed E-state index contributed by atoms with van der Waals surface area (Å²) in [6.45, 7) is 0. The van der Waals surface area contributed by atoms with E-state index in [1.807, 2.05) is 36.4 Å². The number of rotatable bonds is 1. The lowest BCUT2D eigenvalue weighted by molar-refractivity contribution is 0.669. The fourth-order valence-corrected chi connectivity index (χ4v) is 2.45. The number of furan rings is 1. The van der Waals surface area contributed by atoms with Crippen molar-refractivity contribution in [3.05, 3.63) is 40.9 Å². The standard InChI is InChI=1S/C13H6BrNOS/c14-8-5-10-9-3-1-2-4-12(9)16-13(10)11(6-8)15-7-17/h1-6H. The van der Waals surface area contributed by atoms with E-state index in [1.54, 1.807) is 0 Å². The Balaban J connectivity index is 2.55. The zero-order chi connectivity index (χ0) is 11.8. The Labute approximate surface area is 111 Å². The van der Waals surface area contributed by atoms with Gasteiger partial charge in [0, 0.05) is 15.2 Å². The van der Waals surface area contributed by atoms with Crippen LogP contribution in [0.4, 0.5) is 5.69 Å². The van der Waals surface area contributed by atoms with Gasteiger partial charge >= 0.3 is 0 Å². The van der Waals surface area contributed by atoms with Gasteiger partial charge in [0.15, 0.2) is 5.58 Å². The van der Waals surface area contributed by atoms with Gasteiger partial charge < -0.3 is 4.42 Å². The predicted molar refractivity (Wildman–Crippen MR) is 76.1 cm³/mol. The van der Waals surface area contributed by atoms with Crippen molar-refractivity contribution in [2.45, 2.75) is 0 Å². The molecule has 17 heavy (non-hydrogen) atoms. The molecule has 0 N–H and O–H groups in total. The summed E-state index contributed by atoms with van der Waals surface area (Å²) in [5.41, 5.74) is 2.29. The fraction of sp³-hybridized carbons (Fsp3) is 0. The first-order valence-corrected chi connectivity index (χ1v) is 6.18. The Morgan fingerprint density at radius 3 is 2.82 bits per heavy atom. The number of aliphatic imine (C=N–C) groups is 1. The SMILES string of the molecule is S=C=Nc1cc(Br)cc2c1oc1ccccc12. The molecule has 0 saturated heterocycles. The molecule has 0 atom stereocenters. The molecule has 1 heterocycles. The maximum absolute atomic E-state index is 5.79. The second-order valence-electron chi connectivity index (χ2n) is 3.60. The second kappa shape index (κ2) is 4.08. The van der Waals surface area contributed by atoms with Crippen LogP contribution in [0.3, 0.4) is 0 Å². The molecule has 2 nitrogen and oxygen atoms in total. The van der Waals surface area contributed by atoms with E-state index in [4.69, 9.17) is 4.42 Å². The van der Waals surface area contributed by atoms with Crippen LogP contribution < -0.4 is 0 Å². The van der Waals surface area contributed by atoms with Crippen molar-refractivity contribution < 1.29 is 4.42 Å². The number of para-hydroxylation sites is 1. The van der Waals surface area contributed by atoms with Crippen LogP contribution >= 0.6 is 28.1 Å². The number of hydrogen-bond acceptors (Lipinski definition) is 3. The molecule has 0 unspecified atom stereocenters. The van der Waals surface area contributed by atoms with E-state index in [0.717, 1.165) is 26.4 Å². The third-order valence-electron chi connectivity index (χ3n) is 2.59. The van der Waals surface area contributed by atoms with Crippen LogP contribution in [0.25, 0.3) is 21.9 Å². The number of hydrogen-bond donors (Lipinski definition) is 0. The molecule has 0 bridgehead atoms. The average Bonchev–Trinajstić information content (AvgIpc) is 2.69. The van der Waals surface area contributed by atoms with Gasteiger partial charge in [0.1, 0.15) is 11.3 Å². The van der Waals surface area contributed by atoms with Crippen molar-refractivity contribution in [2.75, 3.05) is 0 Å². The molecule has 0 aliphatic rings. The molecule has 82 valence electrons. The Morgan fingerprint density at radius 1 is 1.18 bits per heavy atom. The lowest BCUT2D eigenvalue weighted by Crippen LogP contribution is -1.70. The molecule has 0 amide bonds. The van der Waals surface area contributed by atoms with Gasteiger partial charge in [0.25, 0.3) is 0 Å². The molecule has 0 radical (unpaired) electrons. The van der Waals surface area contributed by atoms with Crippen LogP contribution in [0.15, 0.2) is 50.3 Å². The lowest BCUT2D eigenvalue weighted by atomic mass is 10.1. The third kappa shape index (κ3) is 1.71. The first-order chi connectivity index (χ1) is 8.29. The van der Waals surface area contributed by atoms with Gasteiger partial charge in [0.05, 0.1) is 5.16 Å². The first-order valence-electron chi connectivity index (χ1n) is 4.98. The average molecular weight is 304 g/mol. The monoisotopic (exact) mass is 303 g/mol. The third-order valence-corrected chi connectivity index (χ3v) is 3.14. The summed E-state index contributed by atoms with van der Waals surface area (Å²) < 4.78 is 6.74. The van der Waals surface area contributed by atoms with E-state index >= 15 is 0 Å². The number of thiocarbonyl (C=S) groups is 1. The number of isothiocyanates is 1. The summed E-state index contributed by atoms with van der Waals surface area (Å²) >= 11 is 8.11. The van der Waals surface area contributed by atoms with E-state index in [2.05, 4.69) is 38.3 Å². The minimum absolute atomic E-state index is 0.695. The van der Waals surface area contributed by atoms with Gasteiger partial charge in [-0.05, 0) is 30.4 Å². The number of nitrogens with zero attached hydrogens (tertiary/aromatic N) is 1. The molecular formula is C13H6BrNOS. The zero-order valence-corrected chi connectivity index (χ0v) is 11.0. The zero-order valence-electron chi connectivity index (χ0n) is 8.61. The van der Waals surface area contributed by atoms with E-state index in [-0.39, 0.29) is 0 Å². The van der Waals surface area contributed by atoms with Gasteiger partial charge in [-0.2, -0.15) is 4.99 Å². The van der Waals surface area contributed by atoms with Crippen LogP contribution in [0.2, 0.25) is 0 Å². The summed E-state index contributed by atoms with van der Waals surface area (Å²) in [5, 5.41) is 4.48. The minimum Gasteiger partial charge on any atom is -0.454 e. The summed E-state index contributed by atoms with van der Waals surface area (Å²) in [6.07, 6.45) is 0. The van der Waals surface area contributed by atoms with Crippen LogP contribution in [0.5, 0.6) is 0 Å². The van der Waals surface area contributed by atoms with Crippen molar-refractivity contribution >= 4 is 60.9 Å². The maximum Gasteiger partial charge on any atom is 0.161 e. The van der Waals surface area contributed by atoms with Gasteiger partial charge in [0.2, 0.25) is 0 Å². The highest BCUT2D eigenvalue weighted by Crippen LogP contribution is 2.37. The smallest absolute Gasteiger partial charge is 0.161 e. The summed E-state index contributed by atoms with van der Waals surface area (Å²) in [4.78, 5) is 4.03. The molecule has 0 spiro atoms. The highest BCUT2D eigenvalue weighted by atomic mass is 79.9. The molecule has 4 heteroatoms. The molecule has 3 rings (SSSR count). The second-order valence-corrected chi connectivity index (χ2v) is 4.70. The molecule has 1 aromatic heterocycles. The van der Waals surface area contributed by atoms with Crippen molar-refractivity contribution in [1.29, 1.82) is 0 Å². The van der Waals surface area contributed by atoms with Crippen LogP contribution in [-0.4, -0.2) is 5.16 Å². The van der Waals surface area contributed by atoms with E-state index in [1.165, 1.54) is 0 Å². The summed E-state index contributed by atoms with van der Waals surface area (Å²) in [7, 11) is 0.